The smallest absolute Gasteiger partial charge is 0.359 e. The molecular formula is C14H18F3NO4S. The maximum Gasteiger partial charge on any atom is 0.411 e. The summed E-state index contributed by atoms with van der Waals surface area (Å²) in [5.74, 6) is -0.686. The second kappa shape index (κ2) is 7.31. The first-order valence-corrected chi connectivity index (χ1v) is 8.58. The van der Waals surface area contributed by atoms with Gasteiger partial charge in [-0.2, -0.15) is 13.2 Å². The van der Waals surface area contributed by atoms with E-state index in [-0.39, 0.29) is 4.90 Å². The van der Waals surface area contributed by atoms with Crippen LogP contribution in [0.15, 0.2) is 29.2 Å². The second-order valence-corrected chi connectivity index (χ2v) is 7.16. The summed E-state index contributed by atoms with van der Waals surface area (Å²) in [5, 5.41) is 2.51. The van der Waals surface area contributed by atoms with Gasteiger partial charge in [0.1, 0.15) is 12.7 Å². The molecule has 0 radical (unpaired) electrons. The lowest BCUT2D eigenvalue weighted by Gasteiger charge is -2.19. The van der Waals surface area contributed by atoms with Crippen molar-refractivity contribution in [3.05, 3.63) is 29.8 Å². The van der Waals surface area contributed by atoms with Crippen LogP contribution in [0, 0.1) is 0 Å². The number of rotatable bonds is 6. The molecule has 0 aliphatic heterocycles. The predicted octanol–water partition coefficient (Wildman–Crippen LogP) is 2.23. The zero-order valence-electron chi connectivity index (χ0n) is 12.8. The fraction of sp³-hybridized carbons (Fsp3) is 0.500. The third kappa shape index (κ3) is 6.57. The van der Waals surface area contributed by atoms with Crippen LogP contribution in [0.5, 0.6) is 0 Å². The average Bonchev–Trinajstić information content (AvgIpc) is 2.43. The molecule has 0 spiro atoms. The van der Waals surface area contributed by atoms with Gasteiger partial charge in [0.25, 0.3) is 0 Å². The van der Waals surface area contributed by atoms with Crippen molar-refractivity contribution < 1.29 is 31.1 Å². The van der Waals surface area contributed by atoms with Crippen LogP contribution in [-0.4, -0.2) is 39.5 Å². The summed E-state index contributed by atoms with van der Waals surface area (Å²) in [6, 6.07) is 5.35. The molecular weight excluding hydrogens is 335 g/mol. The number of sulfone groups is 1. The first kappa shape index (κ1) is 19.4. The quantitative estimate of drug-likeness (QED) is 0.851. The Bertz CT molecular complexity index is 641. The number of alkyl halides is 3. The number of benzene rings is 1. The first-order chi connectivity index (χ1) is 10.4. The van der Waals surface area contributed by atoms with Gasteiger partial charge in [0, 0.05) is 6.26 Å². The highest BCUT2D eigenvalue weighted by Gasteiger charge is 2.30. The van der Waals surface area contributed by atoms with Crippen molar-refractivity contribution in [2.24, 2.45) is 0 Å². The standard InChI is InChI=1S/C14H18F3NO4S/c1-9(11-4-6-12(7-5-11)23(3,20)21)18-13(19)10(2)22-8-14(15,16)17/h4-7,9-10H,8H2,1-3H3,(H,18,19)/t9-,10-/m0/s1. The van der Waals surface area contributed by atoms with Crippen molar-refractivity contribution in [3.63, 3.8) is 0 Å². The molecule has 23 heavy (non-hydrogen) atoms. The average molecular weight is 353 g/mol. The number of carbonyl (C=O) groups excluding carboxylic acids is 1. The minimum Gasteiger partial charge on any atom is -0.359 e. The minimum absolute atomic E-state index is 0.140. The van der Waals surface area contributed by atoms with Gasteiger partial charge >= 0.3 is 6.18 Å². The number of carbonyl (C=O) groups is 1. The van der Waals surface area contributed by atoms with Crippen molar-refractivity contribution in [3.8, 4) is 0 Å². The van der Waals surface area contributed by atoms with E-state index in [0.29, 0.717) is 5.56 Å². The van der Waals surface area contributed by atoms with E-state index in [9.17, 15) is 26.4 Å². The maximum absolute atomic E-state index is 12.0. The third-order valence-electron chi connectivity index (χ3n) is 3.03. The highest BCUT2D eigenvalue weighted by Crippen LogP contribution is 2.18. The van der Waals surface area contributed by atoms with Crippen molar-refractivity contribution in [1.29, 1.82) is 0 Å². The van der Waals surface area contributed by atoms with Crippen molar-refractivity contribution in [2.75, 3.05) is 12.9 Å². The number of nitrogens with one attached hydrogen (secondary N) is 1. The van der Waals surface area contributed by atoms with E-state index in [1.165, 1.54) is 31.2 Å². The molecule has 0 saturated heterocycles. The van der Waals surface area contributed by atoms with Crippen LogP contribution in [0.25, 0.3) is 0 Å². The summed E-state index contributed by atoms with van der Waals surface area (Å²) in [5.41, 5.74) is 0.619. The lowest BCUT2D eigenvalue weighted by molar-refractivity contribution is -0.185. The normalized spacial score (nSPS) is 15.0. The lowest BCUT2D eigenvalue weighted by atomic mass is 10.1. The van der Waals surface area contributed by atoms with Crippen LogP contribution in [0.1, 0.15) is 25.5 Å². The molecule has 0 saturated carbocycles. The van der Waals surface area contributed by atoms with Gasteiger partial charge < -0.3 is 10.1 Å². The number of halogens is 3. The Morgan fingerprint density at radius 3 is 2.17 bits per heavy atom. The van der Waals surface area contributed by atoms with E-state index >= 15 is 0 Å². The van der Waals surface area contributed by atoms with Gasteiger partial charge in [-0.15, -0.1) is 0 Å². The molecule has 130 valence electrons. The summed E-state index contributed by atoms with van der Waals surface area (Å²) in [7, 11) is -3.32. The molecule has 1 aromatic carbocycles. The van der Waals surface area contributed by atoms with E-state index < -0.39 is 40.7 Å². The molecule has 1 rings (SSSR count). The lowest BCUT2D eigenvalue weighted by Crippen LogP contribution is -2.37. The highest BCUT2D eigenvalue weighted by atomic mass is 32.2. The topological polar surface area (TPSA) is 72.5 Å². The van der Waals surface area contributed by atoms with Crippen molar-refractivity contribution >= 4 is 15.7 Å². The molecule has 0 unspecified atom stereocenters. The summed E-state index contributed by atoms with van der Waals surface area (Å²) in [4.78, 5) is 11.9. The molecule has 0 aliphatic rings. The Kier molecular flexibility index (Phi) is 6.18. The molecule has 0 heterocycles. The number of amides is 1. The van der Waals surface area contributed by atoms with Gasteiger partial charge in [0.2, 0.25) is 5.91 Å². The monoisotopic (exact) mass is 353 g/mol. The first-order valence-electron chi connectivity index (χ1n) is 6.69. The molecule has 0 fully saturated rings. The third-order valence-corrected chi connectivity index (χ3v) is 4.16. The fourth-order valence-corrected chi connectivity index (χ4v) is 2.34. The van der Waals surface area contributed by atoms with Gasteiger partial charge in [0.05, 0.1) is 10.9 Å². The fourth-order valence-electron chi connectivity index (χ4n) is 1.71. The van der Waals surface area contributed by atoms with E-state index in [1.807, 2.05) is 0 Å². The summed E-state index contributed by atoms with van der Waals surface area (Å²) in [6.45, 7) is 1.35. The van der Waals surface area contributed by atoms with Gasteiger partial charge in [0.15, 0.2) is 9.84 Å². The van der Waals surface area contributed by atoms with Crippen molar-refractivity contribution in [1.82, 2.24) is 5.32 Å². The Morgan fingerprint density at radius 1 is 1.22 bits per heavy atom. The van der Waals surface area contributed by atoms with E-state index in [1.54, 1.807) is 6.92 Å². The highest BCUT2D eigenvalue weighted by molar-refractivity contribution is 7.90. The van der Waals surface area contributed by atoms with Crippen LogP contribution in [0.2, 0.25) is 0 Å². The largest absolute Gasteiger partial charge is 0.411 e. The zero-order valence-corrected chi connectivity index (χ0v) is 13.7. The van der Waals surface area contributed by atoms with E-state index in [2.05, 4.69) is 10.1 Å². The van der Waals surface area contributed by atoms with E-state index in [4.69, 9.17) is 0 Å². The summed E-state index contributed by atoms with van der Waals surface area (Å²) >= 11 is 0. The molecule has 5 nitrogen and oxygen atoms in total. The Labute approximate surface area is 132 Å². The summed E-state index contributed by atoms with van der Waals surface area (Å²) in [6.07, 6.45) is -4.68. The van der Waals surface area contributed by atoms with Crippen LogP contribution >= 0.6 is 0 Å². The molecule has 0 bridgehead atoms. The van der Waals surface area contributed by atoms with Crippen LogP contribution in [-0.2, 0) is 19.4 Å². The molecule has 2 atom stereocenters. The van der Waals surface area contributed by atoms with Crippen LogP contribution in [0.3, 0.4) is 0 Å². The number of hydrogen-bond acceptors (Lipinski definition) is 4. The zero-order chi connectivity index (χ0) is 17.8. The second-order valence-electron chi connectivity index (χ2n) is 5.14. The predicted molar refractivity (Wildman–Crippen MR) is 77.6 cm³/mol. The minimum atomic E-state index is -4.50. The molecule has 1 aromatic rings. The number of ether oxygens (including phenoxy) is 1. The molecule has 1 amide bonds. The number of hydrogen-bond donors (Lipinski definition) is 1. The van der Waals surface area contributed by atoms with Crippen LogP contribution < -0.4 is 5.32 Å². The molecule has 1 N–H and O–H groups in total. The van der Waals surface area contributed by atoms with Crippen LogP contribution in [0.4, 0.5) is 13.2 Å². The van der Waals surface area contributed by atoms with Crippen molar-refractivity contribution in [2.45, 2.75) is 37.1 Å². The summed E-state index contributed by atoms with van der Waals surface area (Å²) < 4.78 is 63.3. The maximum atomic E-state index is 12.0. The van der Waals surface area contributed by atoms with E-state index in [0.717, 1.165) is 6.26 Å². The SMILES string of the molecule is C[C@H](OCC(F)(F)F)C(=O)N[C@@H](C)c1ccc(S(C)(=O)=O)cc1. The molecule has 0 aromatic heterocycles. The van der Waals surface area contributed by atoms with Gasteiger partial charge in [-0.25, -0.2) is 8.42 Å². The Morgan fingerprint density at radius 2 is 1.74 bits per heavy atom. The Balaban J connectivity index is 2.65. The van der Waals surface area contributed by atoms with Gasteiger partial charge in [-0.3, -0.25) is 4.79 Å². The molecule has 9 heteroatoms. The van der Waals surface area contributed by atoms with Gasteiger partial charge in [-0.05, 0) is 31.5 Å². The Hall–Kier alpha value is -1.61. The van der Waals surface area contributed by atoms with Gasteiger partial charge in [-0.1, -0.05) is 12.1 Å². The molecule has 0 aliphatic carbocycles.